The molecule has 1 aliphatic rings. The summed E-state index contributed by atoms with van der Waals surface area (Å²) in [6.45, 7) is 2.27. The van der Waals surface area contributed by atoms with Gasteiger partial charge in [-0.1, -0.05) is 0 Å². The fraction of sp³-hybridized carbons (Fsp3) is 0.286. The summed E-state index contributed by atoms with van der Waals surface area (Å²) >= 11 is 0. The predicted molar refractivity (Wildman–Crippen MR) is 71.9 cm³/mol. The summed E-state index contributed by atoms with van der Waals surface area (Å²) in [6.07, 6.45) is 1.28. The van der Waals surface area contributed by atoms with Gasteiger partial charge in [0.05, 0.1) is 20.8 Å². The average Bonchev–Trinajstić information content (AvgIpc) is 2.85. The molecule has 1 aromatic carbocycles. The molecule has 6 nitrogen and oxygen atoms in total. The van der Waals surface area contributed by atoms with Gasteiger partial charge in [0.25, 0.3) is 0 Å². The lowest BCUT2D eigenvalue weighted by atomic mass is 10.2. The van der Waals surface area contributed by atoms with E-state index in [1.54, 1.807) is 32.4 Å². The molecule has 0 saturated heterocycles. The van der Waals surface area contributed by atoms with Gasteiger partial charge in [0.2, 0.25) is 5.90 Å². The van der Waals surface area contributed by atoms with Crippen LogP contribution in [0.1, 0.15) is 12.5 Å². The summed E-state index contributed by atoms with van der Waals surface area (Å²) in [5.41, 5.74) is 0.720. The van der Waals surface area contributed by atoms with Crippen LogP contribution in [-0.2, 0) is 14.3 Å². The number of hydrogen-bond donors (Lipinski definition) is 0. The van der Waals surface area contributed by atoms with Gasteiger partial charge in [-0.05, 0) is 19.1 Å². The van der Waals surface area contributed by atoms with Crippen molar-refractivity contribution in [1.82, 2.24) is 0 Å². The molecular weight excluding hydrogens is 262 g/mol. The SMILES string of the molecule is CCO/C=C1\N=C(c2cc(OC)cc(OC)c2)OC1=O. The molecule has 0 N–H and O–H groups in total. The number of rotatable bonds is 5. The highest BCUT2D eigenvalue weighted by atomic mass is 16.6. The van der Waals surface area contributed by atoms with E-state index >= 15 is 0 Å². The second kappa shape index (κ2) is 6.10. The molecule has 1 aromatic rings. The van der Waals surface area contributed by atoms with Gasteiger partial charge < -0.3 is 18.9 Å². The van der Waals surface area contributed by atoms with Crippen LogP contribution >= 0.6 is 0 Å². The third-order valence-electron chi connectivity index (χ3n) is 2.58. The first-order valence-corrected chi connectivity index (χ1v) is 6.04. The van der Waals surface area contributed by atoms with E-state index in [9.17, 15) is 4.79 Å². The molecule has 2 rings (SSSR count). The Labute approximate surface area is 116 Å². The Morgan fingerprint density at radius 3 is 2.40 bits per heavy atom. The summed E-state index contributed by atoms with van der Waals surface area (Å²) in [7, 11) is 3.09. The number of nitrogens with zero attached hydrogens (tertiary/aromatic N) is 1. The minimum Gasteiger partial charge on any atom is -0.499 e. The van der Waals surface area contributed by atoms with Crippen molar-refractivity contribution in [2.45, 2.75) is 6.92 Å². The molecular formula is C14H15NO5. The van der Waals surface area contributed by atoms with E-state index in [-0.39, 0.29) is 11.6 Å². The second-order valence-corrected chi connectivity index (χ2v) is 3.87. The molecule has 0 unspecified atom stereocenters. The quantitative estimate of drug-likeness (QED) is 0.467. The normalized spacial score (nSPS) is 15.8. The number of hydrogen-bond acceptors (Lipinski definition) is 6. The third kappa shape index (κ3) is 2.90. The third-order valence-corrected chi connectivity index (χ3v) is 2.58. The molecule has 0 spiro atoms. The van der Waals surface area contributed by atoms with E-state index in [1.807, 2.05) is 6.92 Å². The maximum atomic E-state index is 11.6. The molecule has 0 amide bonds. The Bertz CT molecular complexity index is 555. The summed E-state index contributed by atoms with van der Waals surface area (Å²) in [5.74, 6) is 0.814. The van der Waals surface area contributed by atoms with Crippen LogP contribution in [0.25, 0.3) is 0 Å². The number of carbonyl (C=O) groups excluding carboxylic acids is 1. The zero-order valence-electron chi connectivity index (χ0n) is 11.5. The van der Waals surface area contributed by atoms with Crippen molar-refractivity contribution in [3.05, 3.63) is 35.7 Å². The van der Waals surface area contributed by atoms with Crippen molar-refractivity contribution in [2.24, 2.45) is 4.99 Å². The van der Waals surface area contributed by atoms with Crippen LogP contribution in [0.5, 0.6) is 11.5 Å². The van der Waals surface area contributed by atoms with Crippen LogP contribution in [0.3, 0.4) is 0 Å². The van der Waals surface area contributed by atoms with Gasteiger partial charge in [-0.3, -0.25) is 0 Å². The monoisotopic (exact) mass is 277 g/mol. The van der Waals surface area contributed by atoms with E-state index in [2.05, 4.69) is 4.99 Å². The highest BCUT2D eigenvalue weighted by Crippen LogP contribution is 2.25. The maximum Gasteiger partial charge on any atom is 0.367 e. The van der Waals surface area contributed by atoms with Crippen molar-refractivity contribution in [3.8, 4) is 11.5 Å². The first-order chi connectivity index (χ1) is 9.67. The first kappa shape index (κ1) is 13.9. The van der Waals surface area contributed by atoms with E-state index in [0.29, 0.717) is 23.7 Å². The van der Waals surface area contributed by atoms with Crippen molar-refractivity contribution < 1.29 is 23.7 Å². The van der Waals surface area contributed by atoms with Crippen molar-refractivity contribution in [1.29, 1.82) is 0 Å². The van der Waals surface area contributed by atoms with E-state index in [0.717, 1.165) is 0 Å². The molecule has 20 heavy (non-hydrogen) atoms. The topological polar surface area (TPSA) is 66.3 Å². The van der Waals surface area contributed by atoms with Gasteiger partial charge >= 0.3 is 5.97 Å². The second-order valence-electron chi connectivity index (χ2n) is 3.87. The van der Waals surface area contributed by atoms with Crippen molar-refractivity contribution in [2.75, 3.05) is 20.8 Å². The fourth-order valence-electron chi connectivity index (χ4n) is 1.61. The number of esters is 1. The van der Waals surface area contributed by atoms with Crippen LogP contribution in [0.4, 0.5) is 0 Å². The summed E-state index contributed by atoms with van der Waals surface area (Å²) in [4.78, 5) is 15.7. The Hall–Kier alpha value is -2.50. The zero-order valence-corrected chi connectivity index (χ0v) is 11.5. The molecule has 0 bridgehead atoms. The molecule has 0 saturated carbocycles. The number of carbonyl (C=O) groups is 1. The van der Waals surface area contributed by atoms with Gasteiger partial charge in [0.15, 0.2) is 5.70 Å². The van der Waals surface area contributed by atoms with Crippen molar-refractivity contribution in [3.63, 3.8) is 0 Å². The molecule has 0 aliphatic carbocycles. The molecule has 6 heteroatoms. The summed E-state index contributed by atoms with van der Waals surface area (Å²) in [5, 5.41) is 0. The molecule has 1 heterocycles. The van der Waals surface area contributed by atoms with Gasteiger partial charge in [-0.15, -0.1) is 0 Å². The molecule has 0 fully saturated rings. The highest BCUT2D eigenvalue weighted by Gasteiger charge is 2.25. The molecule has 106 valence electrons. The van der Waals surface area contributed by atoms with E-state index in [1.165, 1.54) is 6.26 Å². The zero-order chi connectivity index (χ0) is 14.5. The van der Waals surface area contributed by atoms with Crippen LogP contribution in [-0.4, -0.2) is 32.7 Å². The number of benzene rings is 1. The first-order valence-electron chi connectivity index (χ1n) is 6.04. The Kier molecular flexibility index (Phi) is 4.24. The lowest BCUT2D eigenvalue weighted by Gasteiger charge is -2.07. The number of aliphatic imine (C=N–C) groups is 1. The minimum atomic E-state index is -0.546. The van der Waals surface area contributed by atoms with Gasteiger partial charge in [-0.2, -0.15) is 0 Å². The number of cyclic esters (lactones) is 1. The Morgan fingerprint density at radius 2 is 1.85 bits per heavy atom. The lowest BCUT2D eigenvalue weighted by molar-refractivity contribution is -0.130. The summed E-state index contributed by atoms with van der Waals surface area (Å²) < 4.78 is 20.5. The minimum absolute atomic E-state index is 0.128. The van der Waals surface area contributed by atoms with Gasteiger partial charge in [0, 0.05) is 11.6 Å². The standard InChI is InChI=1S/C14H15NO5/c1-4-19-8-12-14(16)20-13(15-12)9-5-10(17-2)7-11(6-9)18-3/h5-8H,4H2,1-3H3/b12-8-. The van der Waals surface area contributed by atoms with Crippen LogP contribution in [0.2, 0.25) is 0 Å². The number of ether oxygens (including phenoxy) is 4. The lowest BCUT2D eigenvalue weighted by Crippen LogP contribution is -2.06. The average molecular weight is 277 g/mol. The van der Waals surface area contributed by atoms with Crippen LogP contribution < -0.4 is 9.47 Å². The fourth-order valence-corrected chi connectivity index (χ4v) is 1.61. The molecule has 1 aliphatic heterocycles. The molecule has 0 aromatic heterocycles. The van der Waals surface area contributed by atoms with Crippen LogP contribution in [0, 0.1) is 0 Å². The largest absolute Gasteiger partial charge is 0.499 e. The summed E-state index contributed by atoms with van der Waals surface area (Å²) in [6, 6.07) is 5.13. The van der Waals surface area contributed by atoms with Crippen molar-refractivity contribution >= 4 is 11.9 Å². The van der Waals surface area contributed by atoms with E-state index < -0.39 is 5.97 Å². The highest BCUT2D eigenvalue weighted by molar-refractivity contribution is 6.11. The smallest absolute Gasteiger partial charge is 0.367 e. The predicted octanol–water partition coefficient (Wildman–Crippen LogP) is 1.89. The van der Waals surface area contributed by atoms with Crippen LogP contribution in [0.15, 0.2) is 35.2 Å². The molecule has 0 atom stereocenters. The van der Waals surface area contributed by atoms with E-state index in [4.69, 9.17) is 18.9 Å². The Balaban J connectivity index is 2.34. The van der Waals surface area contributed by atoms with Gasteiger partial charge in [-0.25, -0.2) is 9.79 Å². The maximum absolute atomic E-state index is 11.6. The van der Waals surface area contributed by atoms with Gasteiger partial charge in [0.1, 0.15) is 17.8 Å². The molecule has 0 radical (unpaired) electrons. The Morgan fingerprint density at radius 1 is 1.20 bits per heavy atom. The number of methoxy groups -OCH3 is 2.